The molecule has 1 nitrogen and oxygen atoms in total. The van der Waals surface area contributed by atoms with E-state index in [9.17, 15) is 0 Å². The molecular formula is C11H23N. The quantitative estimate of drug-likeness (QED) is 0.583. The van der Waals surface area contributed by atoms with Gasteiger partial charge in [-0.05, 0) is 32.9 Å². The molecule has 0 bridgehead atoms. The van der Waals surface area contributed by atoms with Crippen molar-refractivity contribution in [1.82, 2.24) is 4.90 Å². The molecule has 1 heterocycles. The minimum Gasteiger partial charge on any atom is -0.301 e. The van der Waals surface area contributed by atoms with Crippen LogP contribution in [0.15, 0.2) is 0 Å². The summed E-state index contributed by atoms with van der Waals surface area (Å²) in [5.74, 6) is 0. The Morgan fingerprint density at radius 1 is 1.08 bits per heavy atom. The highest BCUT2D eigenvalue weighted by atomic mass is 15.1. The van der Waals surface area contributed by atoms with E-state index < -0.39 is 0 Å². The monoisotopic (exact) mass is 169 g/mol. The SMILES string of the molecule is CCN1CCCCCCC[C@H]1C. The third kappa shape index (κ3) is 3.14. The standard InChI is InChI=1S/C11H23N/c1-3-12-10-8-6-4-5-7-9-11(12)2/h11H,3-10H2,1-2H3/t11-/m1/s1. The number of hydrogen-bond donors (Lipinski definition) is 0. The normalized spacial score (nSPS) is 29.0. The molecule has 1 saturated heterocycles. The van der Waals surface area contributed by atoms with Gasteiger partial charge in [-0.1, -0.05) is 32.6 Å². The molecule has 1 heteroatoms. The van der Waals surface area contributed by atoms with Gasteiger partial charge in [-0.3, -0.25) is 0 Å². The van der Waals surface area contributed by atoms with Crippen LogP contribution in [0.5, 0.6) is 0 Å². The van der Waals surface area contributed by atoms with Crippen LogP contribution in [0, 0.1) is 0 Å². The lowest BCUT2D eigenvalue weighted by Gasteiger charge is -2.26. The summed E-state index contributed by atoms with van der Waals surface area (Å²) in [5.41, 5.74) is 0. The van der Waals surface area contributed by atoms with Crippen LogP contribution in [0.3, 0.4) is 0 Å². The zero-order chi connectivity index (χ0) is 8.81. The minimum absolute atomic E-state index is 0.827. The second-order valence-corrected chi connectivity index (χ2v) is 4.03. The van der Waals surface area contributed by atoms with Crippen LogP contribution >= 0.6 is 0 Å². The molecule has 0 aromatic rings. The predicted molar refractivity (Wildman–Crippen MR) is 54.4 cm³/mol. The van der Waals surface area contributed by atoms with Crippen LogP contribution in [-0.4, -0.2) is 24.0 Å². The first-order valence-electron chi connectivity index (χ1n) is 5.58. The van der Waals surface area contributed by atoms with Gasteiger partial charge in [0.2, 0.25) is 0 Å². The Morgan fingerprint density at radius 3 is 2.50 bits per heavy atom. The summed E-state index contributed by atoms with van der Waals surface area (Å²) < 4.78 is 0. The minimum atomic E-state index is 0.827. The molecule has 0 aliphatic carbocycles. The topological polar surface area (TPSA) is 3.24 Å². The van der Waals surface area contributed by atoms with Gasteiger partial charge < -0.3 is 4.90 Å². The van der Waals surface area contributed by atoms with Gasteiger partial charge in [-0.25, -0.2) is 0 Å². The zero-order valence-electron chi connectivity index (χ0n) is 8.68. The molecule has 1 aliphatic heterocycles. The highest BCUT2D eigenvalue weighted by Gasteiger charge is 2.12. The smallest absolute Gasteiger partial charge is 0.00668 e. The molecule has 1 atom stereocenters. The fourth-order valence-corrected chi connectivity index (χ4v) is 2.16. The van der Waals surface area contributed by atoms with E-state index in [2.05, 4.69) is 18.7 Å². The largest absolute Gasteiger partial charge is 0.301 e. The van der Waals surface area contributed by atoms with E-state index in [1.165, 1.54) is 51.6 Å². The first kappa shape index (κ1) is 10.0. The van der Waals surface area contributed by atoms with Crippen LogP contribution in [0.25, 0.3) is 0 Å². The van der Waals surface area contributed by atoms with Crippen molar-refractivity contribution >= 4 is 0 Å². The van der Waals surface area contributed by atoms with Gasteiger partial charge in [0.25, 0.3) is 0 Å². The van der Waals surface area contributed by atoms with Crippen molar-refractivity contribution in [2.24, 2.45) is 0 Å². The summed E-state index contributed by atoms with van der Waals surface area (Å²) >= 11 is 0. The van der Waals surface area contributed by atoms with Gasteiger partial charge in [-0.15, -0.1) is 0 Å². The average molecular weight is 169 g/mol. The molecule has 1 aliphatic rings. The van der Waals surface area contributed by atoms with Crippen LogP contribution in [-0.2, 0) is 0 Å². The Bertz CT molecular complexity index is 112. The van der Waals surface area contributed by atoms with Crippen molar-refractivity contribution in [1.29, 1.82) is 0 Å². The van der Waals surface area contributed by atoms with E-state index in [1.54, 1.807) is 0 Å². The maximum absolute atomic E-state index is 2.63. The summed E-state index contributed by atoms with van der Waals surface area (Å²) in [4.78, 5) is 2.63. The van der Waals surface area contributed by atoms with Crippen molar-refractivity contribution in [3.8, 4) is 0 Å². The van der Waals surface area contributed by atoms with E-state index >= 15 is 0 Å². The third-order valence-electron chi connectivity index (χ3n) is 3.10. The Kier molecular flexibility index (Phi) is 4.67. The van der Waals surface area contributed by atoms with Crippen molar-refractivity contribution in [2.75, 3.05) is 13.1 Å². The summed E-state index contributed by atoms with van der Waals surface area (Å²) in [6.45, 7) is 7.24. The predicted octanol–water partition coefficient (Wildman–Crippen LogP) is 3.05. The number of rotatable bonds is 1. The molecule has 1 rings (SSSR count). The number of nitrogens with zero attached hydrogens (tertiary/aromatic N) is 1. The van der Waals surface area contributed by atoms with Gasteiger partial charge in [0, 0.05) is 6.04 Å². The van der Waals surface area contributed by atoms with Crippen molar-refractivity contribution in [2.45, 2.75) is 58.4 Å². The second kappa shape index (κ2) is 5.58. The van der Waals surface area contributed by atoms with E-state index in [-0.39, 0.29) is 0 Å². The molecule has 0 amide bonds. The van der Waals surface area contributed by atoms with E-state index in [4.69, 9.17) is 0 Å². The number of hydrogen-bond acceptors (Lipinski definition) is 1. The maximum Gasteiger partial charge on any atom is 0.00668 e. The Balaban J connectivity index is 2.35. The van der Waals surface area contributed by atoms with Crippen LogP contribution in [0.1, 0.15) is 52.4 Å². The average Bonchev–Trinajstić information content (AvgIpc) is 2.17. The second-order valence-electron chi connectivity index (χ2n) is 4.03. The zero-order valence-corrected chi connectivity index (χ0v) is 8.68. The summed E-state index contributed by atoms with van der Waals surface area (Å²) in [6.07, 6.45) is 8.64. The molecule has 0 aromatic heterocycles. The van der Waals surface area contributed by atoms with Crippen LogP contribution in [0.2, 0.25) is 0 Å². The maximum atomic E-state index is 2.63. The summed E-state index contributed by atoms with van der Waals surface area (Å²) in [6, 6.07) is 0.827. The Hall–Kier alpha value is -0.0400. The molecule has 1 fully saturated rings. The van der Waals surface area contributed by atoms with E-state index in [0.717, 1.165) is 6.04 Å². The molecule has 72 valence electrons. The lowest BCUT2D eigenvalue weighted by atomic mass is 10.1. The van der Waals surface area contributed by atoms with Gasteiger partial charge in [-0.2, -0.15) is 0 Å². The van der Waals surface area contributed by atoms with Crippen LogP contribution in [0.4, 0.5) is 0 Å². The molecule has 0 N–H and O–H groups in total. The van der Waals surface area contributed by atoms with Gasteiger partial charge >= 0.3 is 0 Å². The molecular weight excluding hydrogens is 146 g/mol. The highest BCUT2D eigenvalue weighted by Crippen LogP contribution is 2.15. The van der Waals surface area contributed by atoms with Gasteiger partial charge in [0.1, 0.15) is 0 Å². The third-order valence-corrected chi connectivity index (χ3v) is 3.10. The molecule has 0 unspecified atom stereocenters. The Morgan fingerprint density at radius 2 is 1.75 bits per heavy atom. The van der Waals surface area contributed by atoms with Crippen molar-refractivity contribution in [3.05, 3.63) is 0 Å². The highest BCUT2D eigenvalue weighted by molar-refractivity contribution is 4.67. The fraction of sp³-hybridized carbons (Fsp3) is 1.00. The van der Waals surface area contributed by atoms with E-state index in [0.29, 0.717) is 0 Å². The van der Waals surface area contributed by atoms with Crippen molar-refractivity contribution in [3.63, 3.8) is 0 Å². The molecule has 0 saturated carbocycles. The van der Waals surface area contributed by atoms with E-state index in [1.807, 2.05) is 0 Å². The van der Waals surface area contributed by atoms with Gasteiger partial charge in [0.05, 0.1) is 0 Å². The van der Waals surface area contributed by atoms with Crippen LogP contribution < -0.4 is 0 Å². The summed E-state index contributed by atoms with van der Waals surface area (Å²) in [5, 5.41) is 0. The lowest BCUT2D eigenvalue weighted by Crippen LogP contribution is -2.33. The molecule has 12 heavy (non-hydrogen) atoms. The Labute approximate surface area is 77.1 Å². The van der Waals surface area contributed by atoms with Crippen molar-refractivity contribution < 1.29 is 0 Å². The molecule has 0 spiro atoms. The summed E-state index contributed by atoms with van der Waals surface area (Å²) in [7, 11) is 0. The first-order valence-corrected chi connectivity index (χ1v) is 5.58. The fourth-order valence-electron chi connectivity index (χ4n) is 2.16. The molecule has 0 aromatic carbocycles. The molecule has 0 radical (unpaired) electrons. The van der Waals surface area contributed by atoms with Gasteiger partial charge in [0.15, 0.2) is 0 Å². The first-order chi connectivity index (χ1) is 5.84. The lowest BCUT2D eigenvalue weighted by molar-refractivity contribution is 0.209.